The van der Waals surface area contributed by atoms with Crippen molar-refractivity contribution in [3.8, 4) is 11.5 Å². The molecule has 126 valence electrons. The lowest BCUT2D eigenvalue weighted by Crippen LogP contribution is -2.37. The molecule has 0 saturated carbocycles. The van der Waals surface area contributed by atoms with Gasteiger partial charge in [0.15, 0.2) is 11.5 Å². The fourth-order valence-electron chi connectivity index (χ4n) is 3.08. The number of rotatable bonds is 3. The SMILES string of the molecule is NC(=O)[C@@H]1CN(Cc2ccc3c(c2)OCCO3)C[C@H]1C(F)(F)F. The van der Waals surface area contributed by atoms with Gasteiger partial charge in [-0.15, -0.1) is 0 Å². The Labute approximate surface area is 131 Å². The van der Waals surface area contributed by atoms with Gasteiger partial charge < -0.3 is 15.2 Å². The first-order valence-corrected chi connectivity index (χ1v) is 7.31. The summed E-state index contributed by atoms with van der Waals surface area (Å²) in [6.07, 6.45) is -4.43. The third kappa shape index (κ3) is 3.36. The Kier molecular flexibility index (Phi) is 4.09. The molecule has 0 radical (unpaired) electrons. The van der Waals surface area contributed by atoms with Crippen molar-refractivity contribution in [2.45, 2.75) is 12.7 Å². The second-order valence-corrected chi connectivity index (χ2v) is 5.83. The number of hydrogen-bond acceptors (Lipinski definition) is 4. The van der Waals surface area contributed by atoms with Crippen LogP contribution in [-0.2, 0) is 11.3 Å². The molecule has 1 amide bonds. The van der Waals surface area contributed by atoms with Gasteiger partial charge in [-0.1, -0.05) is 6.07 Å². The number of amides is 1. The van der Waals surface area contributed by atoms with E-state index in [9.17, 15) is 18.0 Å². The molecule has 2 heterocycles. The zero-order valence-electron chi connectivity index (χ0n) is 12.3. The van der Waals surface area contributed by atoms with E-state index in [1.165, 1.54) is 0 Å². The van der Waals surface area contributed by atoms with Gasteiger partial charge >= 0.3 is 6.18 Å². The molecule has 5 nitrogen and oxygen atoms in total. The number of fused-ring (bicyclic) bond motifs is 1. The molecule has 0 spiro atoms. The van der Waals surface area contributed by atoms with Gasteiger partial charge in [0.1, 0.15) is 13.2 Å². The van der Waals surface area contributed by atoms with Gasteiger partial charge in [0.2, 0.25) is 5.91 Å². The maximum Gasteiger partial charge on any atom is 0.393 e. The third-order valence-corrected chi connectivity index (χ3v) is 4.19. The number of nitrogens with zero attached hydrogens (tertiary/aromatic N) is 1. The minimum absolute atomic E-state index is 0.00789. The fourth-order valence-corrected chi connectivity index (χ4v) is 3.08. The zero-order valence-corrected chi connectivity index (χ0v) is 12.3. The summed E-state index contributed by atoms with van der Waals surface area (Å²) in [5, 5.41) is 0. The Hall–Kier alpha value is -1.96. The molecule has 23 heavy (non-hydrogen) atoms. The van der Waals surface area contributed by atoms with Gasteiger partial charge in [0.05, 0.1) is 11.8 Å². The van der Waals surface area contributed by atoms with E-state index in [4.69, 9.17) is 15.2 Å². The lowest BCUT2D eigenvalue weighted by Gasteiger charge is -2.21. The molecule has 1 aromatic rings. The molecule has 8 heteroatoms. The van der Waals surface area contributed by atoms with E-state index in [-0.39, 0.29) is 13.1 Å². The molecule has 2 aliphatic rings. The highest BCUT2D eigenvalue weighted by Crippen LogP contribution is 2.38. The van der Waals surface area contributed by atoms with Crippen LogP contribution in [0, 0.1) is 11.8 Å². The number of hydrogen-bond donors (Lipinski definition) is 1. The minimum Gasteiger partial charge on any atom is -0.486 e. The van der Waals surface area contributed by atoms with Crippen LogP contribution in [0.25, 0.3) is 0 Å². The predicted octanol–water partition coefficient (Wildman–Crippen LogP) is 1.55. The van der Waals surface area contributed by atoms with Crippen molar-refractivity contribution in [1.29, 1.82) is 0 Å². The molecule has 2 atom stereocenters. The molecule has 1 aromatic carbocycles. The Bertz CT molecular complexity index is 606. The summed E-state index contributed by atoms with van der Waals surface area (Å²) in [4.78, 5) is 12.9. The fraction of sp³-hybridized carbons (Fsp3) is 0.533. The quantitative estimate of drug-likeness (QED) is 0.913. The van der Waals surface area contributed by atoms with E-state index >= 15 is 0 Å². The van der Waals surface area contributed by atoms with Crippen LogP contribution < -0.4 is 15.2 Å². The average Bonchev–Trinajstić information content (AvgIpc) is 2.91. The van der Waals surface area contributed by atoms with Gasteiger partial charge in [-0.05, 0) is 17.7 Å². The van der Waals surface area contributed by atoms with E-state index in [1.807, 2.05) is 0 Å². The molecule has 0 unspecified atom stereocenters. The highest BCUT2D eigenvalue weighted by Gasteiger charge is 2.51. The van der Waals surface area contributed by atoms with E-state index in [2.05, 4.69) is 0 Å². The van der Waals surface area contributed by atoms with Crippen molar-refractivity contribution < 1.29 is 27.4 Å². The first-order valence-electron chi connectivity index (χ1n) is 7.31. The molecular weight excluding hydrogens is 313 g/mol. The predicted molar refractivity (Wildman–Crippen MR) is 74.9 cm³/mol. The summed E-state index contributed by atoms with van der Waals surface area (Å²) >= 11 is 0. The van der Waals surface area contributed by atoms with Gasteiger partial charge in [0, 0.05) is 19.6 Å². The van der Waals surface area contributed by atoms with Crippen molar-refractivity contribution in [3.63, 3.8) is 0 Å². The number of carbonyl (C=O) groups is 1. The lowest BCUT2D eigenvalue weighted by atomic mass is 9.95. The van der Waals surface area contributed by atoms with Gasteiger partial charge in [-0.3, -0.25) is 9.69 Å². The monoisotopic (exact) mass is 330 g/mol. The first-order chi connectivity index (χ1) is 10.8. The largest absolute Gasteiger partial charge is 0.486 e. The van der Waals surface area contributed by atoms with Gasteiger partial charge in [0.25, 0.3) is 0 Å². The number of benzene rings is 1. The minimum atomic E-state index is -4.43. The van der Waals surface area contributed by atoms with Crippen molar-refractivity contribution in [1.82, 2.24) is 4.90 Å². The summed E-state index contributed by atoms with van der Waals surface area (Å²) in [5.74, 6) is -2.60. The van der Waals surface area contributed by atoms with Gasteiger partial charge in [-0.2, -0.15) is 13.2 Å². The van der Waals surface area contributed by atoms with Crippen LogP contribution in [0.3, 0.4) is 0 Å². The second kappa shape index (κ2) is 5.92. The van der Waals surface area contributed by atoms with Crippen molar-refractivity contribution in [2.75, 3.05) is 26.3 Å². The lowest BCUT2D eigenvalue weighted by molar-refractivity contribution is -0.182. The maximum absolute atomic E-state index is 13.0. The maximum atomic E-state index is 13.0. The van der Waals surface area contributed by atoms with Crippen LogP contribution in [0.1, 0.15) is 5.56 Å². The smallest absolute Gasteiger partial charge is 0.393 e. The molecule has 0 aromatic heterocycles. The summed E-state index contributed by atoms with van der Waals surface area (Å²) in [6, 6.07) is 5.29. The summed E-state index contributed by atoms with van der Waals surface area (Å²) in [6.45, 7) is 0.999. The average molecular weight is 330 g/mol. The Morgan fingerprint density at radius 2 is 1.91 bits per heavy atom. The van der Waals surface area contributed by atoms with E-state index in [1.54, 1.807) is 23.1 Å². The van der Waals surface area contributed by atoms with Gasteiger partial charge in [-0.25, -0.2) is 0 Å². The first kappa shape index (κ1) is 15.9. The van der Waals surface area contributed by atoms with E-state index in [0.29, 0.717) is 31.3 Å². The number of nitrogens with two attached hydrogens (primary N) is 1. The van der Waals surface area contributed by atoms with Crippen molar-refractivity contribution >= 4 is 5.91 Å². The van der Waals surface area contributed by atoms with Crippen LogP contribution in [-0.4, -0.2) is 43.3 Å². The number of halogens is 3. The summed E-state index contributed by atoms with van der Waals surface area (Å²) in [7, 11) is 0. The number of ether oxygens (including phenoxy) is 2. The van der Waals surface area contributed by atoms with Crippen LogP contribution in [0.5, 0.6) is 11.5 Å². The number of carbonyl (C=O) groups excluding carboxylic acids is 1. The molecule has 2 aliphatic heterocycles. The van der Waals surface area contributed by atoms with Crippen LogP contribution >= 0.6 is 0 Å². The Morgan fingerprint density at radius 3 is 2.52 bits per heavy atom. The van der Waals surface area contributed by atoms with E-state index in [0.717, 1.165) is 5.56 Å². The highest BCUT2D eigenvalue weighted by atomic mass is 19.4. The zero-order chi connectivity index (χ0) is 16.6. The molecule has 3 rings (SSSR count). The molecular formula is C15H17F3N2O3. The summed E-state index contributed by atoms with van der Waals surface area (Å²) in [5.41, 5.74) is 5.94. The molecule has 1 fully saturated rings. The normalized spacial score (nSPS) is 24.7. The Balaban J connectivity index is 1.72. The van der Waals surface area contributed by atoms with Crippen molar-refractivity contribution in [2.24, 2.45) is 17.6 Å². The van der Waals surface area contributed by atoms with E-state index < -0.39 is 23.9 Å². The second-order valence-electron chi connectivity index (χ2n) is 5.83. The Morgan fingerprint density at radius 1 is 1.22 bits per heavy atom. The third-order valence-electron chi connectivity index (χ3n) is 4.19. The molecule has 2 N–H and O–H groups in total. The van der Waals surface area contributed by atoms with Crippen LogP contribution in [0.15, 0.2) is 18.2 Å². The molecule has 0 aliphatic carbocycles. The topological polar surface area (TPSA) is 64.8 Å². The number of likely N-dealkylation sites (tertiary alicyclic amines) is 1. The van der Waals surface area contributed by atoms with Crippen LogP contribution in [0.2, 0.25) is 0 Å². The molecule has 0 bridgehead atoms. The highest BCUT2D eigenvalue weighted by molar-refractivity contribution is 5.77. The summed E-state index contributed by atoms with van der Waals surface area (Å²) < 4.78 is 50.0. The number of alkyl halides is 3. The molecule has 1 saturated heterocycles. The number of primary amides is 1. The van der Waals surface area contributed by atoms with Crippen LogP contribution in [0.4, 0.5) is 13.2 Å². The standard InChI is InChI=1S/C15H17F3N2O3/c16-15(17,18)11-8-20(7-10(11)14(19)21)6-9-1-2-12-13(5-9)23-4-3-22-12/h1-2,5,10-11H,3-4,6-8H2,(H2,19,21)/t10-,11-/m1/s1. The van der Waals surface area contributed by atoms with Crippen molar-refractivity contribution in [3.05, 3.63) is 23.8 Å².